The highest BCUT2D eigenvalue weighted by Gasteiger charge is 2.33. The zero-order valence-electron chi connectivity index (χ0n) is 18.2. The largest absolute Gasteiger partial charge is 0.483 e. The van der Waals surface area contributed by atoms with Crippen molar-refractivity contribution in [2.45, 2.75) is 51.5 Å². The van der Waals surface area contributed by atoms with Gasteiger partial charge in [0.25, 0.3) is 0 Å². The number of halogens is 6. The van der Waals surface area contributed by atoms with Crippen molar-refractivity contribution in [3.8, 4) is 5.75 Å². The summed E-state index contributed by atoms with van der Waals surface area (Å²) in [6.07, 6.45) is -7.60. The monoisotopic (exact) mass is 460 g/mol. The predicted octanol–water partition coefficient (Wildman–Crippen LogP) is 6.82. The van der Waals surface area contributed by atoms with Gasteiger partial charge in [-0.05, 0) is 42.2 Å². The second-order valence-electron chi connectivity index (χ2n) is 8.23. The summed E-state index contributed by atoms with van der Waals surface area (Å²) in [6.45, 7) is 10.3. The third-order valence-electron chi connectivity index (χ3n) is 5.57. The Bertz CT molecular complexity index is 902. The van der Waals surface area contributed by atoms with E-state index in [9.17, 15) is 26.3 Å². The van der Waals surface area contributed by atoms with E-state index in [2.05, 4.69) is 21.6 Å². The van der Waals surface area contributed by atoms with Crippen LogP contribution in [0.1, 0.15) is 50.6 Å². The van der Waals surface area contributed by atoms with Crippen LogP contribution < -0.4 is 10.1 Å². The summed E-state index contributed by atoms with van der Waals surface area (Å²) in [5.74, 6) is -0.148. The highest BCUT2D eigenvalue weighted by atomic mass is 19.4. The lowest BCUT2D eigenvalue weighted by molar-refractivity contribution is -0.153. The van der Waals surface area contributed by atoms with E-state index < -0.39 is 29.9 Å². The number of aromatic nitrogens is 1. The van der Waals surface area contributed by atoms with Gasteiger partial charge in [-0.15, -0.1) is 0 Å². The summed E-state index contributed by atoms with van der Waals surface area (Å²) in [7, 11) is 0. The summed E-state index contributed by atoms with van der Waals surface area (Å²) in [5.41, 5.74) is 0.741. The molecule has 1 aromatic heterocycles. The molecule has 0 bridgehead atoms. The lowest BCUT2D eigenvalue weighted by Crippen LogP contribution is -2.33. The zero-order valence-corrected chi connectivity index (χ0v) is 18.2. The molecular formula is C23H26F6N2O. The Hall–Kier alpha value is -2.71. The Kier molecular flexibility index (Phi) is 7.52. The Morgan fingerprint density at radius 1 is 0.969 bits per heavy atom. The molecule has 0 aliphatic carbocycles. The molecule has 0 fully saturated rings. The van der Waals surface area contributed by atoms with Gasteiger partial charge in [-0.25, -0.2) is 0 Å². The number of hydrogen-bond donors (Lipinski definition) is 1. The lowest BCUT2D eigenvalue weighted by Gasteiger charge is -2.35. The van der Waals surface area contributed by atoms with E-state index in [0.29, 0.717) is 11.4 Å². The molecular weight excluding hydrogens is 434 g/mol. The number of nitrogens with zero attached hydrogens (tertiary/aromatic N) is 1. The van der Waals surface area contributed by atoms with Crippen LogP contribution in [0.2, 0.25) is 0 Å². The van der Waals surface area contributed by atoms with Crippen LogP contribution in [-0.2, 0) is 11.6 Å². The van der Waals surface area contributed by atoms with Crippen molar-refractivity contribution in [1.29, 1.82) is 0 Å². The highest BCUT2D eigenvalue weighted by Crippen LogP contribution is 2.37. The van der Waals surface area contributed by atoms with Crippen molar-refractivity contribution in [2.75, 3.05) is 6.61 Å². The van der Waals surface area contributed by atoms with E-state index in [1.165, 1.54) is 24.4 Å². The first kappa shape index (κ1) is 25.5. The molecule has 2 unspecified atom stereocenters. The van der Waals surface area contributed by atoms with Gasteiger partial charge in [0.2, 0.25) is 0 Å². The first-order valence-electron chi connectivity index (χ1n) is 9.90. The van der Waals surface area contributed by atoms with Gasteiger partial charge in [-0.2, -0.15) is 26.3 Å². The van der Waals surface area contributed by atoms with Crippen molar-refractivity contribution >= 4 is 0 Å². The van der Waals surface area contributed by atoms with Gasteiger partial charge >= 0.3 is 12.4 Å². The number of nitrogens with one attached hydrogen (secondary N) is 1. The van der Waals surface area contributed by atoms with Crippen LogP contribution in [0.15, 0.2) is 54.9 Å². The molecule has 0 aliphatic heterocycles. The van der Waals surface area contributed by atoms with Crippen LogP contribution >= 0.6 is 0 Å². The Balaban J connectivity index is 2.04. The van der Waals surface area contributed by atoms with Crippen LogP contribution in [0.4, 0.5) is 26.3 Å². The number of hydrogen-bond acceptors (Lipinski definition) is 3. The Morgan fingerprint density at radius 3 is 2.00 bits per heavy atom. The minimum atomic E-state index is -4.43. The van der Waals surface area contributed by atoms with Crippen LogP contribution in [-0.4, -0.2) is 17.8 Å². The molecule has 0 radical (unpaired) electrons. The Labute approximate surface area is 183 Å². The third kappa shape index (κ3) is 6.64. The molecule has 1 N–H and O–H groups in total. The van der Waals surface area contributed by atoms with Crippen LogP contribution in [0, 0.1) is 5.92 Å². The zero-order chi connectivity index (χ0) is 24.3. The fraction of sp³-hybridized carbons (Fsp3) is 0.435. The maximum absolute atomic E-state index is 12.8. The number of pyridine rings is 1. The van der Waals surface area contributed by atoms with Crippen LogP contribution in [0.5, 0.6) is 5.75 Å². The lowest BCUT2D eigenvalue weighted by atomic mass is 9.72. The summed E-state index contributed by atoms with van der Waals surface area (Å²) < 4.78 is 79.9. The van der Waals surface area contributed by atoms with E-state index in [0.717, 1.165) is 17.7 Å². The topological polar surface area (TPSA) is 34.1 Å². The first-order chi connectivity index (χ1) is 14.6. The van der Waals surface area contributed by atoms with Crippen molar-refractivity contribution < 1.29 is 31.1 Å². The molecule has 2 rings (SSSR count). The van der Waals surface area contributed by atoms with E-state index in [1.54, 1.807) is 6.07 Å². The minimum absolute atomic E-state index is 0.00825. The number of alkyl halides is 6. The van der Waals surface area contributed by atoms with E-state index in [4.69, 9.17) is 0 Å². The smallest absolute Gasteiger partial charge is 0.422 e. The summed E-state index contributed by atoms with van der Waals surface area (Å²) >= 11 is 0. The maximum atomic E-state index is 12.8. The summed E-state index contributed by atoms with van der Waals surface area (Å²) in [5, 5.41) is 3.23. The quantitative estimate of drug-likeness (QED) is 0.439. The van der Waals surface area contributed by atoms with Gasteiger partial charge in [-0.3, -0.25) is 4.98 Å². The molecule has 2 atom stereocenters. The van der Waals surface area contributed by atoms with Crippen LogP contribution in [0.25, 0.3) is 0 Å². The van der Waals surface area contributed by atoms with Gasteiger partial charge in [0.15, 0.2) is 6.61 Å². The second kappa shape index (κ2) is 9.42. The van der Waals surface area contributed by atoms with Crippen molar-refractivity contribution in [2.24, 2.45) is 5.92 Å². The van der Waals surface area contributed by atoms with E-state index in [-0.39, 0.29) is 17.7 Å². The standard InChI is InChI=1S/C23H26F6N2O/c1-14(21(4,5)17-6-8-18(9-7-17)23(27,28)29)15(2)31-16(3)20-11-10-19(12-30-20)32-13-22(24,25)26/h6-12,14,16,31H,2,13H2,1,3-5H3. The average molecular weight is 460 g/mol. The molecule has 3 nitrogen and oxygen atoms in total. The van der Waals surface area contributed by atoms with Gasteiger partial charge in [-0.1, -0.05) is 39.5 Å². The minimum Gasteiger partial charge on any atom is -0.483 e. The molecule has 2 aromatic rings. The highest BCUT2D eigenvalue weighted by molar-refractivity contribution is 5.32. The third-order valence-corrected chi connectivity index (χ3v) is 5.57. The Morgan fingerprint density at radius 2 is 1.53 bits per heavy atom. The molecule has 176 valence electrons. The van der Waals surface area contributed by atoms with Crippen LogP contribution in [0.3, 0.4) is 0 Å². The summed E-state index contributed by atoms with van der Waals surface area (Å²) in [6, 6.07) is 7.73. The number of ether oxygens (including phenoxy) is 1. The van der Waals surface area contributed by atoms with Gasteiger partial charge in [0.05, 0.1) is 23.5 Å². The maximum Gasteiger partial charge on any atom is 0.422 e. The molecule has 0 saturated carbocycles. The number of rotatable bonds is 8. The fourth-order valence-corrected chi connectivity index (χ4v) is 3.15. The van der Waals surface area contributed by atoms with Crippen molar-refractivity contribution in [1.82, 2.24) is 10.3 Å². The molecule has 1 heterocycles. The number of benzene rings is 1. The molecule has 1 aromatic carbocycles. The molecule has 0 amide bonds. The van der Waals surface area contributed by atoms with Gasteiger partial charge in [0, 0.05) is 11.6 Å². The van der Waals surface area contributed by atoms with E-state index in [1.807, 2.05) is 27.7 Å². The van der Waals surface area contributed by atoms with Gasteiger partial charge in [0.1, 0.15) is 5.75 Å². The fourth-order valence-electron chi connectivity index (χ4n) is 3.15. The van der Waals surface area contributed by atoms with Gasteiger partial charge < -0.3 is 10.1 Å². The SMILES string of the molecule is C=C(NC(C)c1ccc(OCC(F)(F)F)cn1)C(C)C(C)(C)c1ccc(C(F)(F)F)cc1. The second-order valence-corrected chi connectivity index (χ2v) is 8.23. The van der Waals surface area contributed by atoms with E-state index >= 15 is 0 Å². The first-order valence-corrected chi connectivity index (χ1v) is 9.90. The molecule has 0 saturated heterocycles. The van der Waals surface area contributed by atoms with Crippen molar-refractivity contribution in [3.63, 3.8) is 0 Å². The average Bonchev–Trinajstić information content (AvgIpc) is 2.70. The molecule has 0 aliphatic rings. The molecule has 0 spiro atoms. The molecule has 9 heteroatoms. The predicted molar refractivity (Wildman–Crippen MR) is 110 cm³/mol. The molecule has 32 heavy (non-hydrogen) atoms. The normalized spacial score (nSPS) is 14.6. The number of allylic oxidation sites excluding steroid dienone is 1. The van der Waals surface area contributed by atoms with Crippen molar-refractivity contribution in [3.05, 3.63) is 71.7 Å². The summed E-state index contributed by atoms with van der Waals surface area (Å²) in [4.78, 5) is 4.14.